The second-order valence-corrected chi connectivity index (χ2v) is 7.67. The van der Waals surface area contributed by atoms with Gasteiger partial charge in [-0.2, -0.15) is 0 Å². The lowest BCUT2D eigenvalue weighted by molar-refractivity contribution is 0.102. The summed E-state index contributed by atoms with van der Waals surface area (Å²) in [5.74, 6) is 2.30. The molecule has 0 radical (unpaired) electrons. The molecule has 0 saturated heterocycles. The topological polar surface area (TPSA) is 86.5 Å². The van der Waals surface area contributed by atoms with Crippen LogP contribution in [0.3, 0.4) is 0 Å². The molecule has 0 aliphatic carbocycles. The fourth-order valence-electron chi connectivity index (χ4n) is 3.04. The largest absolute Gasteiger partial charge is 0.454 e. The van der Waals surface area contributed by atoms with E-state index < -0.39 is 0 Å². The quantitative estimate of drug-likeness (QED) is 0.430. The zero-order valence-corrected chi connectivity index (χ0v) is 17.1. The number of fused-ring (bicyclic) bond motifs is 1. The summed E-state index contributed by atoms with van der Waals surface area (Å²) < 4.78 is 16.5. The number of rotatable bonds is 6. The maximum Gasteiger partial charge on any atom is 0.277 e. The third-order valence-corrected chi connectivity index (χ3v) is 5.53. The van der Waals surface area contributed by atoms with Gasteiger partial charge in [-0.3, -0.25) is 4.79 Å². The molecule has 0 bridgehead atoms. The number of carbonyl (C=O) groups excluding carboxylic acids is 1. The summed E-state index contributed by atoms with van der Waals surface area (Å²) in [5, 5.41) is 11.6. The van der Waals surface area contributed by atoms with Crippen LogP contribution in [0.1, 0.15) is 15.9 Å². The Hall–Kier alpha value is -3.78. The molecule has 1 amide bonds. The predicted molar refractivity (Wildman–Crippen MR) is 116 cm³/mol. The van der Waals surface area contributed by atoms with E-state index in [0.717, 1.165) is 16.8 Å². The second-order valence-electron chi connectivity index (χ2n) is 6.75. The summed E-state index contributed by atoms with van der Waals surface area (Å²) in [5.41, 5.74) is 3.18. The number of para-hydroxylation sites is 1. The number of aromatic nitrogens is 2. The van der Waals surface area contributed by atoms with Gasteiger partial charge in [-0.1, -0.05) is 42.1 Å². The van der Waals surface area contributed by atoms with E-state index in [-0.39, 0.29) is 12.7 Å². The first kappa shape index (κ1) is 19.2. The van der Waals surface area contributed by atoms with Crippen molar-refractivity contribution in [3.05, 3.63) is 83.9 Å². The van der Waals surface area contributed by atoms with E-state index in [1.54, 1.807) is 12.1 Å². The zero-order valence-electron chi connectivity index (χ0n) is 16.3. The Labute approximate surface area is 182 Å². The number of carbonyl (C=O) groups is 1. The van der Waals surface area contributed by atoms with Crippen molar-refractivity contribution in [3.8, 4) is 23.0 Å². The minimum Gasteiger partial charge on any atom is -0.454 e. The fraction of sp³-hybridized carbons (Fsp3) is 0.0870. The highest BCUT2D eigenvalue weighted by molar-refractivity contribution is 7.98. The average molecular weight is 431 g/mol. The number of nitrogens with zero attached hydrogens (tertiary/aromatic N) is 2. The van der Waals surface area contributed by atoms with Gasteiger partial charge in [0.05, 0.1) is 0 Å². The number of anilines is 1. The first-order chi connectivity index (χ1) is 15.2. The summed E-state index contributed by atoms with van der Waals surface area (Å²) >= 11 is 1.43. The minimum atomic E-state index is -0.143. The molecule has 0 spiro atoms. The summed E-state index contributed by atoms with van der Waals surface area (Å²) in [4.78, 5) is 12.3. The van der Waals surface area contributed by atoms with Crippen molar-refractivity contribution >= 4 is 23.4 Å². The van der Waals surface area contributed by atoms with E-state index >= 15 is 0 Å². The van der Waals surface area contributed by atoms with Gasteiger partial charge in [-0.25, -0.2) is 0 Å². The zero-order chi connectivity index (χ0) is 21.0. The van der Waals surface area contributed by atoms with Gasteiger partial charge in [-0.05, 0) is 48.0 Å². The highest BCUT2D eigenvalue weighted by Gasteiger charge is 2.17. The molecule has 0 atom stereocenters. The summed E-state index contributed by atoms with van der Waals surface area (Å²) in [6, 6.07) is 22.3. The van der Waals surface area contributed by atoms with Gasteiger partial charge < -0.3 is 19.2 Å². The first-order valence-electron chi connectivity index (χ1n) is 9.56. The number of amides is 1. The summed E-state index contributed by atoms with van der Waals surface area (Å²) in [6.45, 7) is 0.219. The molecule has 5 rings (SSSR count). The SMILES string of the molecule is O=C(Nc1ccccc1)c1ccc(CSc2nnc(-c3ccc4c(c3)OCO4)o2)cc1. The van der Waals surface area contributed by atoms with Crippen LogP contribution >= 0.6 is 11.8 Å². The molecular weight excluding hydrogens is 414 g/mol. The molecule has 8 heteroatoms. The Morgan fingerprint density at radius 1 is 0.935 bits per heavy atom. The van der Waals surface area contributed by atoms with Gasteiger partial charge >= 0.3 is 0 Å². The maximum absolute atomic E-state index is 12.3. The van der Waals surface area contributed by atoms with E-state index in [1.807, 2.05) is 60.7 Å². The van der Waals surface area contributed by atoms with Crippen LogP contribution < -0.4 is 14.8 Å². The van der Waals surface area contributed by atoms with Crippen molar-refractivity contribution in [2.75, 3.05) is 12.1 Å². The third-order valence-electron chi connectivity index (χ3n) is 4.64. The molecule has 1 aliphatic rings. The average Bonchev–Trinajstić information content (AvgIpc) is 3.48. The van der Waals surface area contributed by atoms with Crippen LogP contribution in [0, 0.1) is 0 Å². The molecular formula is C23H17N3O4S. The Morgan fingerprint density at radius 2 is 1.74 bits per heavy atom. The molecule has 7 nitrogen and oxygen atoms in total. The minimum absolute atomic E-state index is 0.143. The van der Waals surface area contributed by atoms with Gasteiger partial charge in [0.15, 0.2) is 11.5 Å². The Kier molecular flexibility index (Phi) is 5.28. The molecule has 1 aliphatic heterocycles. The van der Waals surface area contributed by atoms with Crippen LogP contribution in [0.15, 0.2) is 82.4 Å². The van der Waals surface area contributed by atoms with Crippen LogP contribution in [0.5, 0.6) is 11.5 Å². The third kappa shape index (κ3) is 4.39. The van der Waals surface area contributed by atoms with E-state index in [4.69, 9.17) is 13.9 Å². The lowest BCUT2D eigenvalue weighted by Crippen LogP contribution is -2.11. The van der Waals surface area contributed by atoms with E-state index in [1.165, 1.54) is 11.8 Å². The molecule has 0 unspecified atom stereocenters. The second kappa shape index (κ2) is 8.53. The number of thioether (sulfide) groups is 1. The standard InChI is InChI=1S/C23H17N3O4S/c27-21(24-18-4-2-1-3-5-18)16-8-6-15(7-9-16)13-31-23-26-25-22(30-23)17-10-11-19-20(12-17)29-14-28-19/h1-12H,13-14H2,(H,24,27). The Balaban J connectivity index is 1.19. The van der Waals surface area contributed by atoms with Crippen molar-refractivity contribution in [1.29, 1.82) is 0 Å². The van der Waals surface area contributed by atoms with Crippen LogP contribution in [0.2, 0.25) is 0 Å². The number of hydrogen-bond donors (Lipinski definition) is 1. The predicted octanol–water partition coefficient (Wildman–Crippen LogP) is 5.01. The lowest BCUT2D eigenvalue weighted by Gasteiger charge is -2.06. The normalized spacial score (nSPS) is 12.0. The van der Waals surface area contributed by atoms with Crippen molar-refractivity contribution in [2.24, 2.45) is 0 Å². The molecule has 154 valence electrons. The van der Waals surface area contributed by atoms with E-state index in [9.17, 15) is 4.79 Å². The smallest absolute Gasteiger partial charge is 0.277 e. The monoisotopic (exact) mass is 431 g/mol. The number of ether oxygens (including phenoxy) is 2. The number of hydrogen-bond acceptors (Lipinski definition) is 7. The highest BCUT2D eigenvalue weighted by atomic mass is 32.2. The summed E-state index contributed by atoms with van der Waals surface area (Å²) in [7, 11) is 0. The van der Waals surface area contributed by atoms with Crippen molar-refractivity contribution in [2.45, 2.75) is 11.0 Å². The van der Waals surface area contributed by atoms with Gasteiger partial charge in [0, 0.05) is 22.6 Å². The van der Waals surface area contributed by atoms with Crippen molar-refractivity contribution < 1.29 is 18.7 Å². The fourth-order valence-corrected chi connectivity index (χ4v) is 3.76. The van der Waals surface area contributed by atoms with Gasteiger partial charge in [0.25, 0.3) is 11.1 Å². The van der Waals surface area contributed by atoms with Crippen LogP contribution in [-0.4, -0.2) is 22.9 Å². The van der Waals surface area contributed by atoms with Crippen molar-refractivity contribution in [1.82, 2.24) is 10.2 Å². The van der Waals surface area contributed by atoms with Crippen LogP contribution in [0.25, 0.3) is 11.5 Å². The molecule has 1 aromatic heterocycles. The van der Waals surface area contributed by atoms with Gasteiger partial charge in [-0.15, -0.1) is 10.2 Å². The molecule has 0 saturated carbocycles. The Morgan fingerprint density at radius 3 is 2.58 bits per heavy atom. The van der Waals surface area contributed by atoms with Gasteiger partial charge in [0.2, 0.25) is 12.7 Å². The molecule has 3 aromatic carbocycles. The highest BCUT2D eigenvalue weighted by Crippen LogP contribution is 2.36. The molecule has 31 heavy (non-hydrogen) atoms. The first-order valence-corrected chi connectivity index (χ1v) is 10.5. The Bertz CT molecular complexity index is 1210. The number of nitrogens with one attached hydrogen (secondary N) is 1. The molecule has 2 heterocycles. The lowest BCUT2D eigenvalue weighted by atomic mass is 10.1. The van der Waals surface area contributed by atoms with Crippen LogP contribution in [-0.2, 0) is 5.75 Å². The maximum atomic E-state index is 12.3. The molecule has 4 aromatic rings. The number of benzene rings is 3. The van der Waals surface area contributed by atoms with Crippen LogP contribution in [0.4, 0.5) is 5.69 Å². The summed E-state index contributed by atoms with van der Waals surface area (Å²) in [6.07, 6.45) is 0. The van der Waals surface area contributed by atoms with Crippen molar-refractivity contribution in [3.63, 3.8) is 0 Å². The van der Waals surface area contributed by atoms with E-state index in [2.05, 4.69) is 15.5 Å². The van der Waals surface area contributed by atoms with E-state index in [0.29, 0.717) is 33.9 Å². The molecule has 1 N–H and O–H groups in total. The molecule has 0 fully saturated rings. The van der Waals surface area contributed by atoms with Gasteiger partial charge in [0.1, 0.15) is 0 Å².